The Balaban J connectivity index is 1.65. The number of thiophene rings is 1. The number of halogens is 1. The van der Waals surface area contributed by atoms with Gasteiger partial charge in [0.1, 0.15) is 5.82 Å². The first-order chi connectivity index (χ1) is 14.0. The number of hydrogen-bond acceptors (Lipinski definition) is 4. The Bertz CT molecular complexity index is 950. The molecule has 0 aliphatic rings. The second-order valence-electron chi connectivity index (χ2n) is 6.47. The summed E-state index contributed by atoms with van der Waals surface area (Å²) in [6.07, 6.45) is 1.81. The van der Waals surface area contributed by atoms with Crippen molar-refractivity contribution in [2.24, 2.45) is 4.99 Å². The number of rotatable bonds is 7. The molecule has 2 heterocycles. The minimum absolute atomic E-state index is 0.0452. The third kappa shape index (κ3) is 6.15. The van der Waals surface area contributed by atoms with Gasteiger partial charge in [-0.3, -0.25) is 4.79 Å². The number of nitrogens with one attached hydrogen (secondary N) is 2. The topological polar surface area (TPSA) is 74.5 Å². The van der Waals surface area contributed by atoms with Gasteiger partial charge in [-0.25, -0.2) is 14.1 Å². The number of carbonyl (C=O) groups excluding carboxylic acids is 1. The van der Waals surface area contributed by atoms with Gasteiger partial charge in [-0.1, -0.05) is 6.07 Å². The van der Waals surface area contributed by atoms with Crippen molar-refractivity contribution in [1.29, 1.82) is 0 Å². The standard InChI is InChI=1S/C20H23FN6OS/c1-26(2)19(28)14-24-20(23-13-18-4-3-11-29-18)22-12-16-9-10-27(25-16)17-7-5-15(21)6-8-17/h3-11H,12-14H2,1-2H3,(H2,22,23,24). The van der Waals surface area contributed by atoms with E-state index in [4.69, 9.17) is 0 Å². The molecule has 0 spiro atoms. The first-order valence-electron chi connectivity index (χ1n) is 9.06. The number of benzene rings is 1. The zero-order valence-corrected chi connectivity index (χ0v) is 17.1. The Hall–Kier alpha value is -3.20. The van der Waals surface area contributed by atoms with Crippen LogP contribution in [0.1, 0.15) is 10.6 Å². The zero-order valence-electron chi connectivity index (χ0n) is 16.3. The molecule has 0 radical (unpaired) electrons. The number of likely N-dealkylation sites (N-methyl/N-ethyl adjacent to an activating group) is 1. The summed E-state index contributed by atoms with van der Waals surface area (Å²) in [6.45, 7) is 1.10. The van der Waals surface area contributed by atoms with Crippen molar-refractivity contribution in [2.75, 3.05) is 20.6 Å². The maximum Gasteiger partial charge on any atom is 0.241 e. The van der Waals surface area contributed by atoms with Crippen molar-refractivity contribution in [3.8, 4) is 5.69 Å². The zero-order chi connectivity index (χ0) is 20.6. The Labute approximate surface area is 172 Å². The summed E-state index contributed by atoms with van der Waals surface area (Å²) in [5, 5.41) is 12.8. The first kappa shape index (κ1) is 20.5. The highest BCUT2D eigenvalue weighted by Gasteiger charge is 2.07. The molecule has 1 aromatic carbocycles. The molecule has 2 aromatic heterocycles. The smallest absolute Gasteiger partial charge is 0.241 e. The van der Waals surface area contributed by atoms with E-state index in [9.17, 15) is 9.18 Å². The summed E-state index contributed by atoms with van der Waals surface area (Å²) in [5.74, 6) is 0.201. The van der Waals surface area contributed by atoms with Crippen LogP contribution >= 0.6 is 11.3 Å². The number of carbonyl (C=O) groups is 1. The number of guanidine groups is 1. The van der Waals surface area contributed by atoms with E-state index >= 15 is 0 Å². The van der Waals surface area contributed by atoms with Crippen molar-refractivity contribution in [2.45, 2.75) is 13.1 Å². The second kappa shape index (κ2) is 9.83. The van der Waals surface area contributed by atoms with Crippen LogP contribution in [0.3, 0.4) is 0 Å². The van der Waals surface area contributed by atoms with E-state index in [0.717, 1.165) is 11.4 Å². The van der Waals surface area contributed by atoms with Gasteiger partial charge >= 0.3 is 0 Å². The van der Waals surface area contributed by atoms with Crippen molar-refractivity contribution in [1.82, 2.24) is 25.3 Å². The summed E-state index contributed by atoms with van der Waals surface area (Å²) < 4.78 is 14.8. The van der Waals surface area contributed by atoms with Crippen LogP contribution in [-0.2, 0) is 17.9 Å². The monoisotopic (exact) mass is 414 g/mol. The lowest BCUT2D eigenvalue weighted by Crippen LogP contribution is -2.42. The van der Waals surface area contributed by atoms with E-state index in [0.29, 0.717) is 19.0 Å². The van der Waals surface area contributed by atoms with Crippen LogP contribution in [0.25, 0.3) is 5.69 Å². The van der Waals surface area contributed by atoms with Crippen molar-refractivity contribution in [3.05, 3.63) is 70.4 Å². The average molecular weight is 415 g/mol. The lowest BCUT2D eigenvalue weighted by atomic mass is 10.3. The average Bonchev–Trinajstić information content (AvgIpc) is 3.39. The Morgan fingerprint density at radius 3 is 2.69 bits per heavy atom. The maximum absolute atomic E-state index is 13.1. The molecule has 152 valence electrons. The highest BCUT2D eigenvalue weighted by molar-refractivity contribution is 7.09. The van der Waals surface area contributed by atoms with Crippen LogP contribution in [0, 0.1) is 5.82 Å². The quantitative estimate of drug-likeness (QED) is 0.460. The molecular weight excluding hydrogens is 391 g/mol. The molecule has 29 heavy (non-hydrogen) atoms. The number of amides is 1. The Morgan fingerprint density at radius 2 is 2.00 bits per heavy atom. The second-order valence-corrected chi connectivity index (χ2v) is 7.50. The molecule has 0 aliphatic heterocycles. The number of aliphatic imine (C=N–C) groups is 1. The molecular formula is C20H23FN6OS. The van der Waals surface area contributed by atoms with Gasteiger partial charge in [-0.2, -0.15) is 5.10 Å². The third-order valence-electron chi connectivity index (χ3n) is 4.05. The molecule has 0 bridgehead atoms. The normalized spacial score (nSPS) is 11.3. The van der Waals surface area contributed by atoms with Crippen LogP contribution in [0.2, 0.25) is 0 Å². The molecule has 0 atom stereocenters. The van der Waals surface area contributed by atoms with E-state index < -0.39 is 0 Å². The van der Waals surface area contributed by atoms with Crippen LogP contribution < -0.4 is 10.6 Å². The van der Waals surface area contributed by atoms with Crippen molar-refractivity contribution >= 4 is 23.2 Å². The summed E-state index contributed by atoms with van der Waals surface area (Å²) >= 11 is 1.65. The fraction of sp³-hybridized carbons (Fsp3) is 0.250. The van der Waals surface area contributed by atoms with E-state index in [-0.39, 0.29) is 18.3 Å². The molecule has 7 nitrogen and oxygen atoms in total. The lowest BCUT2D eigenvalue weighted by Gasteiger charge is -2.14. The largest absolute Gasteiger partial charge is 0.351 e. The van der Waals surface area contributed by atoms with Gasteiger partial charge in [0.05, 0.1) is 31.0 Å². The van der Waals surface area contributed by atoms with Gasteiger partial charge in [0.25, 0.3) is 0 Å². The van der Waals surface area contributed by atoms with Gasteiger partial charge in [0.15, 0.2) is 5.96 Å². The fourth-order valence-corrected chi connectivity index (χ4v) is 3.06. The summed E-state index contributed by atoms with van der Waals surface area (Å²) in [6, 6.07) is 12.0. The molecule has 9 heteroatoms. The van der Waals surface area contributed by atoms with Crippen LogP contribution in [0.4, 0.5) is 4.39 Å². The highest BCUT2D eigenvalue weighted by Crippen LogP contribution is 2.10. The molecule has 3 rings (SSSR count). The number of nitrogens with zero attached hydrogens (tertiary/aromatic N) is 4. The molecule has 0 unspecified atom stereocenters. The third-order valence-corrected chi connectivity index (χ3v) is 4.93. The molecule has 0 saturated heterocycles. The van der Waals surface area contributed by atoms with Crippen LogP contribution in [-0.4, -0.2) is 47.2 Å². The van der Waals surface area contributed by atoms with Crippen LogP contribution in [0.5, 0.6) is 0 Å². The van der Waals surface area contributed by atoms with Crippen molar-refractivity contribution in [3.63, 3.8) is 0 Å². The predicted molar refractivity (Wildman–Crippen MR) is 113 cm³/mol. The molecule has 3 aromatic rings. The van der Waals surface area contributed by atoms with Gasteiger partial charge in [-0.15, -0.1) is 11.3 Å². The molecule has 2 N–H and O–H groups in total. The SMILES string of the molecule is CN(C)C(=O)CNC(=NCc1ccn(-c2ccc(F)cc2)n1)NCc1cccs1. The first-order valence-corrected chi connectivity index (χ1v) is 9.94. The predicted octanol–water partition coefficient (Wildman–Crippen LogP) is 2.40. The van der Waals surface area contributed by atoms with E-state index in [1.165, 1.54) is 21.9 Å². The molecule has 0 aliphatic carbocycles. The van der Waals surface area contributed by atoms with Gasteiger partial charge in [-0.05, 0) is 41.8 Å². The van der Waals surface area contributed by atoms with E-state index in [1.807, 2.05) is 23.6 Å². The fourth-order valence-electron chi connectivity index (χ4n) is 2.42. The molecule has 0 fully saturated rings. The van der Waals surface area contributed by atoms with E-state index in [1.54, 1.807) is 48.4 Å². The van der Waals surface area contributed by atoms with Crippen LogP contribution in [0.15, 0.2) is 59.0 Å². The highest BCUT2D eigenvalue weighted by atomic mass is 32.1. The minimum Gasteiger partial charge on any atom is -0.351 e. The summed E-state index contributed by atoms with van der Waals surface area (Å²) in [5.41, 5.74) is 1.53. The van der Waals surface area contributed by atoms with Crippen molar-refractivity contribution < 1.29 is 9.18 Å². The van der Waals surface area contributed by atoms with E-state index in [2.05, 4.69) is 20.7 Å². The Morgan fingerprint density at radius 1 is 1.21 bits per heavy atom. The number of hydrogen-bond donors (Lipinski definition) is 2. The Kier molecular flexibility index (Phi) is 6.96. The molecule has 0 saturated carbocycles. The van der Waals surface area contributed by atoms with Gasteiger partial charge in [0.2, 0.25) is 5.91 Å². The lowest BCUT2D eigenvalue weighted by molar-refractivity contribution is -0.127. The summed E-state index contributed by atoms with van der Waals surface area (Å²) in [4.78, 5) is 19.1. The number of aromatic nitrogens is 2. The van der Waals surface area contributed by atoms with Gasteiger partial charge in [0, 0.05) is 25.2 Å². The van der Waals surface area contributed by atoms with Gasteiger partial charge < -0.3 is 15.5 Å². The maximum atomic E-state index is 13.1. The minimum atomic E-state index is -0.287. The summed E-state index contributed by atoms with van der Waals surface area (Å²) in [7, 11) is 3.42. The molecule has 1 amide bonds.